The number of alkyl halides is 3. The number of amides is 1. The number of hydrogen-bond donors (Lipinski definition) is 1. The molecule has 1 aromatic carbocycles. The second kappa shape index (κ2) is 7.81. The molecule has 0 aromatic heterocycles. The molecule has 1 fully saturated rings. The van der Waals surface area contributed by atoms with Crippen molar-refractivity contribution in [2.45, 2.75) is 44.8 Å². The fraction of sp³-hybridized carbons (Fsp3) is 0.588. The van der Waals surface area contributed by atoms with E-state index in [9.17, 15) is 18.0 Å². The van der Waals surface area contributed by atoms with Crippen LogP contribution in [0.15, 0.2) is 24.3 Å². The molecule has 1 aliphatic rings. The fourth-order valence-corrected chi connectivity index (χ4v) is 2.80. The molecule has 1 aromatic rings. The molecule has 23 heavy (non-hydrogen) atoms. The molecule has 0 bridgehead atoms. The van der Waals surface area contributed by atoms with E-state index in [0.29, 0.717) is 6.42 Å². The van der Waals surface area contributed by atoms with E-state index in [1.54, 1.807) is 0 Å². The Morgan fingerprint density at radius 2 is 2.00 bits per heavy atom. The minimum Gasteiger partial charge on any atom is -0.333 e. The Balaban J connectivity index is 1.95. The van der Waals surface area contributed by atoms with E-state index in [4.69, 9.17) is 0 Å². The fourth-order valence-electron chi connectivity index (χ4n) is 2.80. The maximum atomic E-state index is 12.7. The Labute approximate surface area is 134 Å². The van der Waals surface area contributed by atoms with Gasteiger partial charge in [-0.25, -0.2) is 0 Å². The van der Waals surface area contributed by atoms with Gasteiger partial charge in [-0.05, 0) is 38.3 Å². The van der Waals surface area contributed by atoms with Crippen LogP contribution in [0.3, 0.4) is 0 Å². The molecule has 1 aliphatic heterocycles. The summed E-state index contributed by atoms with van der Waals surface area (Å²) in [7, 11) is 0. The summed E-state index contributed by atoms with van der Waals surface area (Å²) in [5.41, 5.74) is 2.04. The summed E-state index contributed by atoms with van der Waals surface area (Å²) in [4.78, 5) is 13.2. The second-order valence-corrected chi connectivity index (χ2v) is 6.16. The van der Waals surface area contributed by atoms with Crippen LogP contribution in [0, 0.1) is 6.92 Å². The zero-order valence-electron chi connectivity index (χ0n) is 13.3. The molecule has 1 amide bonds. The number of rotatable bonds is 6. The Kier molecular flexibility index (Phi) is 6.04. The number of nitrogens with zero attached hydrogens (tertiary/aromatic N) is 1. The summed E-state index contributed by atoms with van der Waals surface area (Å²) in [5, 5.41) is 3.16. The monoisotopic (exact) mass is 328 g/mol. The van der Waals surface area contributed by atoms with Gasteiger partial charge in [0.15, 0.2) is 0 Å². The SMILES string of the molecule is Cc1ccc(CCN(CC(F)(F)F)C(=O)CC2CCCN2)cc1. The first-order chi connectivity index (χ1) is 10.8. The Morgan fingerprint density at radius 1 is 1.30 bits per heavy atom. The lowest BCUT2D eigenvalue weighted by molar-refractivity contribution is -0.161. The van der Waals surface area contributed by atoms with Crippen LogP contribution in [0.25, 0.3) is 0 Å². The van der Waals surface area contributed by atoms with Crippen molar-refractivity contribution >= 4 is 5.91 Å². The highest BCUT2D eigenvalue weighted by molar-refractivity contribution is 5.77. The average Bonchev–Trinajstić information content (AvgIpc) is 2.97. The number of nitrogens with one attached hydrogen (secondary N) is 1. The van der Waals surface area contributed by atoms with Crippen molar-refractivity contribution < 1.29 is 18.0 Å². The Hall–Kier alpha value is -1.56. The topological polar surface area (TPSA) is 32.3 Å². The first-order valence-corrected chi connectivity index (χ1v) is 7.97. The molecule has 0 aliphatic carbocycles. The van der Waals surface area contributed by atoms with E-state index in [2.05, 4.69) is 5.32 Å². The van der Waals surface area contributed by atoms with Crippen molar-refractivity contribution in [3.8, 4) is 0 Å². The van der Waals surface area contributed by atoms with Crippen molar-refractivity contribution in [3.05, 3.63) is 35.4 Å². The van der Waals surface area contributed by atoms with E-state index in [1.165, 1.54) is 0 Å². The van der Waals surface area contributed by atoms with E-state index in [-0.39, 0.29) is 19.0 Å². The third-order valence-electron chi connectivity index (χ3n) is 4.10. The first kappa shape index (κ1) is 17.8. The van der Waals surface area contributed by atoms with Crippen LogP contribution in [0.4, 0.5) is 13.2 Å². The van der Waals surface area contributed by atoms with Gasteiger partial charge in [-0.1, -0.05) is 29.8 Å². The largest absolute Gasteiger partial charge is 0.406 e. The molecule has 1 atom stereocenters. The van der Waals surface area contributed by atoms with Crippen LogP contribution in [0.1, 0.15) is 30.4 Å². The summed E-state index contributed by atoms with van der Waals surface area (Å²) in [5.74, 6) is -0.422. The number of aryl methyl sites for hydroxylation is 1. The third kappa shape index (κ3) is 6.22. The van der Waals surface area contributed by atoms with Gasteiger partial charge >= 0.3 is 6.18 Å². The normalized spacial score (nSPS) is 18.2. The van der Waals surface area contributed by atoms with Crippen LogP contribution in [0.5, 0.6) is 0 Å². The molecule has 1 N–H and O–H groups in total. The van der Waals surface area contributed by atoms with E-state index in [0.717, 1.165) is 35.4 Å². The summed E-state index contributed by atoms with van der Waals surface area (Å²) in [6.07, 6.45) is -1.97. The molecule has 2 rings (SSSR count). The van der Waals surface area contributed by atoms with Gasteiger partial charge in [0.1, 0.15) is 6.54 Å². The highest BCUT2D eigenvalue weighted by atomic mass is 19.4. The summed E-state index contributed by atoms with van der Waals surface area (Å²) >= 11 is 0. The molecule has 0 radical (unpaired) electrons. The van der Waals surface area contributed by atoms with Crippen molar-refractivity contribution in [1.82, 2.24) is 10.2 Å². The van der Waals surface area contributed by atoms with Gasteiger partial charge in [-0.3, -0.25) is 4.79 Å². The molecular formula is C17H23F3N2O. The molecule has 128 valence electrons. The number of halogens is 3. The predicted octanol–water partition coefficient (Wildman–Crippen LogP) is 3.07. The van der Waals surface area contributed by atoms with Gasteiger partial charge in [-0.2, -0.15) is 13.2 Å². The molecule has 0 saturated carbocycles. The molecule has 1 unspecified atom stereocenters. The highest BCUT2D eigenvalue weighted by Gasteiger charge is 2.33. The molecular weight excluding hydrogens is 305 g/mol. The Morgan fingerprint density at radius 3 is 2.57 bits per heavy atom. The molecule has 1 saturated heterocycles. The lowest BCUT2D eigenvalue weighted by Gasteiger charge is -2.25. The smallest absolute Gasteiger partial charge is 0.333 e. The molecule has 6 heteroatoms. The quantitative estimate of drug-likeness (QED) is 0.870. The zero-order valence-corrected chi connectivity index (χ0v) is 13.3. The van der Waals surface area contributed by atoms with Gasteiger partial charge in [-0.15, -0.1) is 0 Å². The predicted molar refractivity (Wildman–Crippen MR) is 83.2 cm³/mol. The van der Waals surface area contributed by atoms with E-state index >= 15 is 0 Å². The van der Waals surface area contributed by atoms with E-state index in [1.807, 2.05) is 31.2 Å². The van der Waals surface area contributed by atoms with E-state index < -0.39 is 18.6 Å². The zero-order chi connectivity index (χ0) is 16.9. The van der Waals surface area contributed by atoms with Crippen molar-refractivity contribution in [3.63, 3.8) is 0 Å². The van der Waals surface area contributed by atoms with Gasteiger partial charge in [0.25, 0.3) is 0 Å². The van der Waals surface area contributed by atoms with Crippen molar-refractivity contribution in [1.29, 1.82) is 0 Å². The highest BCUT2D eigenvalue weighted by Crippen LogP contribution is 2.19. The van der Waals surface area contributed by atoms with Crippen LogP contribution in [-0.2, 0) is 11.2 Å². The maximum absolute atomic E-state index is 12.7. The summed E-state index contributed by atoms with van der Waals surface area (Å²) < 4.78 is 38.2. The molecule has 1 heterocycles. The van der Waals surface area contributed by atoms with Gasteiger partial charge < -0.3 is 10.2 Å². The van der Waals surface area contributed by atoms with Crippen molar-refractivity contribution in [2.75, 3.05) is 19.6 Å². The van der Waals surface area contributed by atoms with Crippen LogP contribution in [0.2, 0.25) is 0 Å². The second-order valence-electron chi connectivity index (χ2n) is 6.16. The molecule has 3 nitrogen and oxygen atoms in total. The minimum atomic E-state index is -4.37. The summed E-state index contributed by atoms with van der Waals surface area (Å²) in [6, 6.07) is 7.65. The number of benzene rings is 1. The van der Waals surface area contributed by atoms with Crippen LogP contribution < -0.4 is 5.32 Å². The van der Waals surface area contributed by atoms with Gasteiger partial charge in [0.05, 0.1) is 0 Å². The standard InChI is InChI=1S/C17H23F3N2O/c1-13-4-6-14(7-5-13)8-10-22(12-17(18,19)20)16(23)11-15-3-2-9-21-15/h4-7,15,21H,2-3,8-12H2,1H3. The van der Waals surface area contributed by atoms with Crippen LogP contribution in [-0.4, -0.2) is 42.7 Å². The van der Waals surface area contributed by atoms with Crippen LogP contribution >= 0.6 is 0 Å². The number of carbonyl (C=O) groups excluding carboxylic acids is 1. The molecule has 0 spiro atoms. The van der Waals surface area contributed by atoms with Gasteiger partial charge in [0, 0.05) is 19.0 Å². The summed E-state index contributed by atoms with van der Waals surface area (Å²) in [6.45, 7) is 1.71. The minimum absolute atomic E-state index is 0.0117. The number of hydrogen-bond acceptors (Lipinski definition) is 2. The Bertz CT molecular complexity index is 508. The average molecular weight is 328 g/mol. The van der Waals surface area contributed by atoms with Gasteiger partial charge in [0.2, 0.25) is 5.91 Å². The van der Waals surface area contributed by atoms with Crippen molar-refractivity contribution in [2.24, 2.45) is 0 Å². The first-order valence-electron chi connectivity index (χ1n) is 7.97. The number of carbonyl (C=O) groups is 1. The maximum Gasteiger partial charge on any atom is 0.406 e. The lowest BCUT2D eigenvalue weighted by Crippen LogP contribution is -2.42. The lowest BCUT2D eigenvalue weighted by atomic mass is 10.1. The third-order valence-corrected chi connectivity index (χ3v) is 4.10.